The van der Waals surface area contributed by atoms with Gasteiger partial charge in [-0.1, -0.05) is 12.1 Å². The maximum absolute atomic E-state index is 12.9. The number of hydrogen-bond donors (Lipinski definition) is 1. The minimum atomic E-state index is -0.290. The number of rotatable bonds is 4. The summed E-state index contributed by atoms with van der Waals surface area (Å²) in [5, 5.41) is 0. The Morgan fingerprint density at radius 2 is 2.04 bits per heavy atom. The van der Waals surface area contributed by atoms with E-state index in [1.165, 1.54) is 0 Å². The molecule has 6 nitrogen and oxygen atoms in total. The van der Waals surface area contributed by atoms with Gasteiger partial charge in [-0.2, -0.15) is 0 Å². The molecule has 0 bridgehead atoms. The zero-order valence-electron chi connectivity index (χ0n) is 14.7. The Kier molecular flexibility index (Phi) is 6.30. The highest BCUT2D eigenvalue weighted by Gasteiger charge is 2.41. The molecular weight excluding hydrogens is 342 g/mol. The van der Waals surface area contributed by atoms with E-state index in [0.29, 0.717) is 31.3 Å². The third-order valence-electron chi connectivity index (χ3n) is 5.13. The van der Waals surface area contributed by atoms with E-state index < -0.39 is 0 Å². The molecular formula is C18H26ClN3O3. The van der Waals surface area contributed by atoms with Gasteiger partial charge in [-0.3, -0.25) is 9.59 Å². The van der Waals surface area contributed by atoms with Crippen LogP contribution in [0.2, 0.25) is 0 Å². The van der Waals surface area contributed by atoms with Crippen LogP contribution in [0.5, 0.6) is 5.75 Å². The summed E-state index contributed by atoms with van der Waals surface area (Å²) in [7, 11) is 1.58. The number of ether oxygens (including phenoxy) is 1. The standard InChI is InChI=1S/C18H25N3O3.ClH/c1-12-7-13(9-19)10-20(12)18(23)14-8-17(22)21(11-14)15-5-3-4-6-16(15)24-2;/h3-6,12-14H,7-11,19H2,1-2H3;1H. The largest absolute Gasteiger partial charge is 0.495 e. The number of amides is 2. The van der Waals surface area contributed by atoms with Crippen molar-refractivity contribution in [2.45, 2.75) is 25.8 Å². The molecule has 3 rings (SSSR count). The summed E-state index contributed by atoms with van der Waals surface area (Å²) in [6.45, 7) is 3.78. The quantitative estimate of drug-likeness (QED) is 0.878. The van der Waals surface area contributed by atoms with Crippen molar-refractivity contribution < 1.29 is 14.3 Å². The second-order valence-corrected chi connectivity index (χ2v) is 6.75. The van der Waals surface area contributed by atoms with Crippen LogP contribution in [0.25, 0.3) is 0 Å². The number of likely N-dealkylation sites (tertiary alicyclic amines) is 1. The second kappa shape index (κ2) is 8.06. The number of carbonyl (C=O) groups is 2. The molecule has 3 atom stereocenters. The average molecular weight is 368 g/mol. The summed E-state index contributed by atoms with van der Waals surface area (Å²) < 4.78 is 5.34. The van der Waals surface area contributed by atoms with Crippen LogP contribution in [0.4, 0.5) is 5.69 Å². The normalized spacial score (nSPS) is 25.9. The number of carbonyl (C=O) groups excluding carboxylic acids is 2. The van der Waals surface area contributed by atoms with Crippen LogP contribution in [0.1, 0.15) is 19.8 Å². The van der Waals surface area contributed by atoms with Gasteiger partial charge >= 0.3 is 0 Å². The van der Waals surface area contributed by atoms with Crippen LogP contribution >= 0.6 is 12.4 Å². The lowest BCUT2D eigenvalue weighted by Crippen LogP contribution is -2.40. The van der Waals surface area contributed by atoms with Crippen LogP contribution in [0, 0.1) is 11.8 Å². The second-order valence-electron chi connectivity index (χ2n) is 6.75. The van der Waals surface area contributed by atoms with E-state index in [9.17, 15) is 9.59 Å². The highest BCUT2D eigenvalue weighted by molar-refractivity contribution is 6.01. The number of methoxy groups -OCH3 is 1. The molecule has 1 aromatic rings. The fourth-order valence-corrected chi connectivity index (χ4v) is 3.81. The SMILES string of the molecule is COc1ccccc1N1CC(C(=O)N2CC(CN)CC2C)CC1=O.Cl. The van der Waals surface area contributed by atoms with Crippen molar-refractivity contribution >= 4 is 29.9 Å². The fourth-order valence-electron chi connectivity index (χ4n) is 3.81. The Bertz CT molecular complexity index is 640. The highest BCUT2D eigenvalue weighted by atomic mass is 35.5. The maximum Gasteiger partial charge on any atom is 0.228 e. The van der Waals surface area contributed by atoms with E-state index in [-0.39, 0.29) is 42.6 Å². The summed E-state index contributed by atoms with van der Waals surface area (Å²) >= 11 is 0. The molecule has 0 aliphatic carbocycles. The van der Waals surface area contributed by atoms with Gasteiger partial charge in [0.1, 0.15) is 5.75 Å². The average Bonchev–Trinajstić information content (AvgIpc) is 3.17. The zero-order valence-corrected chi connectivity index (χ0v) is 15.5. The van der Waals surface area contributed by atoms with Gasteiger partial charge in [0.05, 0.1) is 18.7 Å². The summed E-state index contributed by atoms with van der Waals surface area (Å²) in [5.74, 6) is 0.772. The van der Waals surface area contributed by atoms with Crippen molar-refractivity contribution in [2.75, 3.05) is 31.6 Å². The molecule has 7 heteroatoms. The molecule has 0 spiro atoms. The van der Waals surface area contributed by atoms with Crippen LogP contribution < -0.4 is 15.4 Å². The minimum absolute atomic E-state index is 0. The monoisotopic (exact) mass is 367 g/mol. The van der Waals surface area contributed by atoms with Gasteiger partial charge in [0.2, 0.25) is 11.8 Å². The molecule has 0 aromatic heterocycles. The molecule has 2 saturated heterocycles. The molecule has 3 unspecified atom stereocenters. The summed E-state index contributed by atoms with van der Waals surface area (Å²) in [6.07, 6.45) is 1.20. The van der Waals surface area contributed by atoms with E-state index in [2.05, 4.69) is 6.92 Å². The summed E-state index contributed by atoms with van der Waals surface area (Å²) in [6, 6.07) is 7.61. The van der Waals surface area contributed by atoms with Crippen LogP contribution in [-0.4, -0.2) is 49.5 Å². The van der Waals surface area contributed by atoms with Crippen LogP contribution in [-0.2, 0) is 9.59 Å². The highest BCUT2D eigenvalue weighted by Crippen LogP contribution is 2.34. The van der Waals surface area contributed by atoms with E-state index in [0.717, 1.165) is 12.1 Å². The molecule has 2 amide bonds. The molecule has 1 aromatic carbocycles. The number of nitrogens with two attached hydrogens (primary N) is 1. The lowest BCUT2D eigenvalue weighted by atomic mass is 10.1. The van der Waals surface area contributed by atoms with Gasteiger partial charge in [-0.05, 0) is 37.9 Å². The van der Waals surface area contributed by atoms with E-state index in [1.54, 1.807) is 12.0 Å². The number of anilines is 1. The van der Waals surface area contributed by atoms with Crippen molar-refractivity contribution in [3.63, 3.8) is 0 Å². The first-order valence-electron chi connectivity index (χ1n) is 8.49. The van der Waals surface area contributed by atoms with E-state index in [1.807, 2.05) is 29.2 Å². The van der Waals surface area contributed by atoms with Crippen LogP contribution in [0.3, 0.4) is 0 Å². The summed E-state index contributed by atoms with van der Waals surface area (Å²) in [5.41, 5.74) is 6.48. The Morgan fingerprint density at radius 3 is 2.68 bits per heavy atom. The molecule has 138 valence electrons. The lowest BCUT2D eigenvalue weighted by molar-refractivity contribution is -0.136. The number of hydrogen-bond acceptors (Lipinski definition) is 4. The van der Waals surface area contributed by atoms with Crippen LogP contribution in [0.15, 0.2) is 24.3 Å². The molecule has 2 fully saturated rings. The first-order valence-corrected chi connectivity index (χ1v) is 8.49. The van der Waals surface area contributed by atoms with E-state index in [4.69, 9.17) is 10.5 Å². The van der Waals surface area contributed by atoms with Gasteiger partial charge in [-0.25, -0.2) is 0 Å². The predicted octanol–water partition coefficient (Wildman–Crippen LogP) is 1.67. The molecule has 0 radical (unpaired) electrons. The number of nitrogens with zero attached hydrogens (tertiary/aromatic N) is 2. The van der Waals surface area contributed by atoms with Crippen molar-refractivity contribution in [1.82, 2.24) is 4.90 Å². The summed E-state index contributed by atoms with van der Waals surface area (Å²) in [4.78, 5) is 28.9. The number of halogens is 1. The van der Waals surface area contributed by atoms with Crippen molar-refractivity contribution in [2.24, 2.45) is 17.6 Å². The zero-order chi connectivity index (χ0) is 17.3. The first-order chi connectivity index (χ1) is 11.5. The molecule has 2 aliphatic rings. The lowest BCUT2D eigenvalue weighted by Gasteiger charge is -2.25. The van der Waals surface area contributed by atoms with Gasteiger partial charge in [0, 0.05) is 25.6 Å². The first kappa shape index (κ1) is 19.5. The van der Waals surface area contributed by atoms with Crippen molar-refractivity contribution in [1.29, 1.82) is 0 Å². The number of para-hydroxylation sites is 2. The Hall–Kier alpha value is -1.79. The van der Waals surface area contributed by atoms with Gasteiger partial charge < -0.3 is 20.3 Å². The smallest absolute Gasteiger partial charge is 0.228 e. The topological polar surface area (TPSA) is 75.9 Å². The molecule has 0 saturated carbocycles. The Labute approximate surface area is 154 Å². The third-order valence-corrected chi connectivity index (χ3v) is 5.13. The van der Waals surface area contributed by atoms with Crippen molar-refractivity contribution in [3.8, 4) is 5.75 Å². The van der Waals surface area contributed by atoms with Gasteiger partial charge in [0.25, 0.3) is 0 Å². The minimum Gasteiger partial charge on any atom is -0.495 e. The number of benzene rings is 1. The van der Waals surface area contributed by atoms with E-state index >= 15 is 0 Å². The van der Waals surface area contributed by atoms with Gasteiger partial charge in [0.15, 0.2) is 0 Å². The molecule has 2 heterocycles. The Balaban J connectivity index is 0.00000225. The fraction of sp³-hybridized carbons (Fsp3) is 0.556. The van der Waals surface area contributed by atoms with Gasteiger partial charge in [-0.15, -0.1) is 12.4 Å². The Morgan fingerprint density at radius 1 is 1.32 bits per heavy atom. The molecule has 2 aliphatic heterocycles. The molecule has 25 heavy (non-hydrogen) atoms. The van der Waals surface area contributed by atoms with Crippen molar-refractivity contribution in [3.05, 3.63) is 24.3 Å². The predicted molar refractivity (Wildman–Crippen MR) is 99.0 cm³/mol. The third kappa shape index (κ3) is 3.75. The maximum atomic E-state index is 12.9. The molecule has 2 N–H and O–H groups in total.